The fraction of sp³-hybridized carbons (Fsp3) is 0.800. The SMILES string of the molecule is CNC(=O)ON=C(CP(=O)(OC)OC)C(C)(C)C. The van der Waals surface area contributed by atoms with Crippen LogP contribution in [0.3, 0.4) is 0 Å². The highest BCUT2D eigenvalue weighted by molar-refractivity contribution is 7.54. The molecule has 0 spiro atoms. The number of amides is 1. The van der Waals surface area contributed by atoms with Gasteiger partial charge in [-0.05, 0) is 0 Å². The zero-order valence-corrected chi connectivity index (χ0v) is 12.5. The number of hydrogen-bond donors (Lipinski definition) is 1. The van der Waals surface area contributed by atoms with Gasteiger partial charge in [0, 0.05) is 26.7 Å². The molecular formula is C10H21N2O5P. The van der Waals surface area contributed by atoms with Crippen molar-refractivity contribution >= 4 is 19.4 Å². The molecule has 0 saturated carbocycles. The highest BCUT2D eigenvalue weighted by Gasteiger charge is 2.31. The van der Waals surface area contributed by atoms with E-state index >= 15 is 0 Å². The smallest absolute Gasteiger partial charge is 0.323 e. The van der Waals surface area contributed by atoms with Crippen molar-refractivity contribution in [2.45, 2.75) is 20.8 Å². The summed E-state index contributed by atoms with van der Waals surface area (Å²) in [5, 5.41) is 5.98. The molecule has 0 atom stereocenters. The fourth-order valence-electron chi connectivity index (χ4n) is 0.932. The second-order valence-corrected chi connectivity index (χ2v) is 6.82. The third-order valence-electron chi connectivity index (χ3n) is 2.21. The molecule has 0 aromatic carbocycles. The van der Waals surface area contributed by atoms with E-state index in [2.05, 4.69) is 15.3 Å². The normalized spacial score (nSPS) is 13.3. The van der Waals surface area contributed by atoms with Crippen LogP contribution in [-0.2, 0) is 18.5 Å². The molecule has 106 valence electrons. The average Bonchev–Trinajstić information content (AvgIpc) is 2.32. The first-order valence-electron chi connectivity index (χ1n) is 5.35. The van der Waals surface area contributed by atoms with Crippen LogP contribution in [-0.4, -0.2) is 39.2 Å². The number of rotatable bonds is 5. The third kappa shape index (κ3) is 5.62. The lowest BCUT2D eigenvalue weighted by Gasteiger charge is -2.23. The monoisotopic (exact) mass is 280 g/mol. The van der Waals surface area contributed by atoms with Crippen LogP contribution < -0.4 is 5.32 Å². The Labute approximate surface area is 107 Å². The molecule has 7 nitrogen and oxygen atoms in total. The Morgan fingerprint density at radius 1 is 1.28 bits per heavy atom. The van der Waals surface area contributed by atoms with Crippen molar-refractivity contribution in [3.8, 4) is 0 Å². The topological polar surface area (TPSA) is 86.2 Å². The molecule has 1 amide bonds. The van der Waals surface area contributed by atoms with Crippen LogP contribution in [0, 0.1) is 5.41 Å². The van der Waals surface area contributed by atoms with E-state index in [1.54, 1.807) is 0 Å². The van der Waals surface area contributed by atoms with Crippen molar-refractivity contribution in [1.82, 2.24) is 5.32 Å². The standard InChI is InChI=1S/C10H21N2O5P/c1-10(2,3)8(12-17-9(13)11-4)7-18(14,15-5)16-6/h7H2,1-6H3,(H,11,13). The van der Waals surface area contributed by atoms with Gasteiger partial charge < -0.3 is 14.4 Å². The van der Waals surface area contributed by atoms with Gasteiger partial charge in [0.15, 0.2) is 0 Å². The van der Waals surface area contributed by atoms with E-state index in [1.807, 2.05) is 20.8 Å². The summed E-state index contributed by atoms with van der Waals surface area (Å²) in [5.41, 5.74) is -0.0149. The van der Waals surface area contributed by atoms with E-state index in [1.165, 1.54) is 21.3 Å². The zero-order valence-electron chi connectivity index (χ0n) is 11.6. The third-order valence-corrected chi connectivity index (χ3v) is 4.01. The Balaban J connectivity index is 5.04. The Hall–Kier alpha value is -0.910. The molecule has 0 aromatic rings. The van der Waals surface area contributed by atoms with E-state index in [-0.39, 0.29) is 6.16 Å². The lowest BCUT2D eigenvalue weighted by Crippen LogP contribution is -2.26. The number of nitrogens with zero attached hydrogens (tertiary/aromatic N) is 1. The summed E-state index contributed by atoms with van der Waals surface area (Å²) in [6, 6.07) is 0. The number of carbonyl (C=O) groups excluding carboxylic acids is 1. The molecule has 8 heteroatoms. The second-order valence-electron chi connectivity index (χ2n) is 4.55. The van der Waals surface area contributed by atoms with Gasteiger partial charge in [-0.3, -0.25) is 9.40 Å². The van der Waals surface area contributed by atoms with Gasteiger partial charge in [0.2, 0.25) is 0 Å². The molecule has 1 N–H and O–H groups in total. The average molecular weight is 280 g/mol. The molecule has 0 saturated heterocycles. The maximum atomic E-state index is 12.0. The van der Waals surface area contributed by atoms with Crippen molar-refractivity contribution in [1.29, 1.82) is 0 Å². The molecular weight excluding hydrogens is 259 g/mol. The molecule has 0 aliphatic heterocycles. The van der Waals surface area contributed by atoms with Gasteiger partial charge in [-0.15, -0.1) is 0 Å². The maximum Gasteiger partial charge on any atom is 0.433 e. The van der Waals surface area contributed by atoms with Crippen molar-refractivity contribution in [3.63, 3.8) is 0 Å². The predicted molar refractivity (Wildman–Crippen MR) is 68.9 cm³/mol. The molecule has 0 bridgehead atoms. The van der Waals surface area contributed by atoms with Crippen LogP contribution in [0.4, 0.5) is 4.79 Å². The van der Waals surface area contributed by atoms with Gasteiger partial charge >= 0.3 is 13.7 Å². The van der Waals surface area contributed by atoms with Crippen LogP contribution in [0.5, 0.6) is 0 Å². The molecule has 0 aliphatic carbocycles. The molecule has 0 aliphatic rings. The van der Waals surface area contributed by atoms with E-state index in [9.17, 15) is 9.36 Å². The molecule has 0 unspecified atom stereocenters. The van der Waals surface area contributed by atoms with Crippen molar-refractivity contribution in [3.05, 3.63) is 0 Å². The molecule has 0 fully saturated rings. The van der Waals surface area contributed by atoms with E-state index in [0.29, 0.717) is 5.71 Å². The first kappa shape index (κ1) is 17.1. The Morgan fingerprint density at radius 2 is 1.78 bits per heavy atom. The van der Waals surface area contributed by atoms with Gasteiger partial charge in [-0.1, -0.05) is 25.9 Å². The van der Waals surface area contributed by atoms with Crippen LogP contribution in [0.2, 0.25) is 0 Å². The van der Waals surface area contributed by atoms with E-state index < -0.39 is 19.1 Å². The number of nitrogens with one attached hydrogen (secondary N) is 1. The summed E-state index contributed by atoms with van der Waals surface area (Å²) < 4.78 is 21.7. The number of hydrogen-bond acceptors (Lipinski definition) is 6. The van der Waals surface area contributed by atoms with Crippen LogP contribution >= 0.6 is 7.60 Å². The predicted octanol–water partition coefficient (Wildman–Crippen LogP) is 2.23. The molecule has 0 rings (SSSR count). The summed E-state index contributed by atoms with van der Waals surface area (Å²) in [7, 11) is 0.767. The summed E-state index contributed by atoms with van der Waals surface area (Å²) in [4.78, 5) is 15.6. The van der Waals surface area contributed by atoms with Crippen LogP contribution in [0.1, 0.15) is 20.8 Å². The highest BCUT2D eigenvalue weighted by Crippen LogP contribution is 2.47. The minimum Gasteiger partial charge on any atom is -0.323 e. The van der Waals surface area contributed by atoms with Crippen molar-refractivity contribution in [2.24, 2.45) is 10.6 Å². The fourth-order valence-corrected chi connectivity index (χ4v) is 2.24. The second kappa shape index (κ2) is 6.87. The highest BCUT2D eigenvalue weighted by atomic mass is 31.2. The Kier molecular flexibility index (Phi) is 6.52. The van der Waals surface area contributed by atoms with E-state index in [4.69, 9.17) is 9.05 Å². The maximum absolute atomic E-state index is 12.0. The van der Waals surface area contributed by atoms with Crippen LogP contribution in [0.15, 0.2) is 5.16 Å². The summed E-state index contributed by atoms with van der Waals surface area (Å²) in [6.45, 7) is 5.57. The van der Waals surface area contributed by atoms with Gasteiger partial charge in [-0.25, -0.2) is 4.79 Å². The molecule has 0 radical (unpaired) electrons. The number of oxime groups is 1. The Morgan fingerprint density at radius 3 is 2.11 bits per heavy atom. The lowest BCUT2D eigenvalue weighted by atomic mass is 9.91. The lowest BCUT2D eigenvalue weighted by molar-refractivity contribution is 0.151. The first-order chi connectivity index (χ1) is 8.18. The van der Waals surface area contributed by atoms with E-state index in [0.717, 1.165) is 0 Å². The molecule has 0 heterocycles. The van der Waals surface area contributed by atoms with Gasteiger partial charge in [0.25, 0.3) is 0 Å². The minimum absolute atomic E-state index is 0.0412. The summed E-state index contributed by atoms with van der Waals surface area (Å²) in [5.74, 6) is 0. The molecule has 18 heavy (non-hydrogen) atoms. The van der Waals surface area contributed by atoms with Crippen molar-refractivity contribution < 1.29 is 23.2 Å². The molecule has 0 aromatic heterocycles. The zero-order chi connectivity index (χ0) is 14.4. The largest absolute Gasteiger partial charge is 0.433 e. The van der Waals surface area contributed by atoms with Crippen LogP contribution in [0.25, 0.3) is 0 Å². The quantitative estimate of drug-likeness (QED) is 0.361. The van der Waals surface area contributed by atoms with Gasteiger partial charge in [-0.2, -0.15) is 0 Å². The van der Waals surface area contributed by atoms with Gasteiger partial charge in [0.05, 0.1) is 11.9 Å². The summed E-state index contributed by atoms with van der Waals surface area (Å²) >= 11 is 0. The minimum atomic E-state index is -3.24. The van der Waals surface area contributed by atoms with Crippen molar-refractivity contribution in [2.75, 3.05) is 27.4 Å². The summed E-state index contributed by atoms with van der Waals surface area (Å²) in [6.07, 6.45) is -0.734. The Bertz CT molecular complexity index is 354. The van der Waals surface area contributed by atoms with Gasteiger partial charge in [0.1, 0.15) is 0 Å². The number of carbonyl (C=O) groups is 1. The first-order valence-corrected chi connectivity index (χ1v) is 7.08.